The van der Waals surface area contributed by atoms with Crippen LogP contribution >= 0.6 is 23.2 Å². The second kappa shape index (κ2) is 5.68. The molecule has 100 valence electrons. The molecule has 2 unspecified atom stereocenters. The van der Waals surface area contributed by atoms with E-state index in [4.69, 9.17) is 27.9 Å². The first-order valence-corrected chi connectivity index (χ1v) is 7.13. The zero-order chi connectivity index (χ0) is 13.2. The number of rotatable bonds is 3. The number of hydrogen-bond donors (Lipinski definition) is 1. The molecule has 0 amide bonds. The molecule has 0 bridgehead atoms. The zero-order valence-corrected chi connectivity index (χ0v) is 12.3. The average molecular weight is 288 g/mol. The third-order valence-corrected chi connectivity index (χ3v) is 4.20. The van der Waals surface area contributed by atoms with E-state index < -0.39 is 0 Å². The highest BCUT2D eigenvalue weighted by atomic mass is 35.5. The molecule has 0 aliphatic carbocycles. The second-order valence-corrected chi connectivity index (χ2v) is 5.95. The van der Waals surface area contributed by atoms with Gasteiger partial charge in [0.05, 0.1) is 16.3 Å². The van der Waals surface area contributed by atoms with Crippen LogP contribution < -0.4 is 5.32 Å². The molecule has 4 heteroatoms. The predicted molar refractivity (Wildman–Crippen MR) is 77.8 cm³/mol. The molecule has 1 aliphatic rings. The van der Waals surface area contributed by atoms with Crippen molar-refractivity contribution < 1.29 is 4.74 Å². The van der Waals surface area contributed by atoms with Crippen molar-refractivity contribution in [1.29, 1.82) is 0 Å². The molecular weight excluding hydrogens is 269 g/mol. The van der Waals surface area contributed by atoms with E-state index >= 15 is 0 Å². The third-order valence-electron chi connectivity index (χ3n) is 3.63. The van der Waals surface area contributed by atoms with Crippen molar-refractivity contribution in [1.82, 2.24) is 0 Å². The molecule has 1 fully saturated rings. The van der Waals surface area contributed by atoms with Crippen molar-refractivity contribution in [3.8, 4) is 0 Å². The summed E-state index contributed by atoms with van der Waals surface area (Å²) in [7, 11) is 0. The lowest BCUT2D eigenvalue weighted by molar-refractivity contribution is -0.0708. The first-order chi connectivity index (χ1) is 8.52. The van der Waals surface area contributed by atoms with Gasteiger partial charge in [0.2, 0.25) is 0 Å². The highest BCUT2D eigenvalue weighted by Gasteiger charge is 2.31. The Kier molecular flexibility index (Phi) is 4.41. The van der Waals surface area contributed by atoms with Crippen LogP contribution in [0.5, 0.6) is 0 Å². The Balaban J connectivity index is 2.07. The normalized spacial score (nSPS) is 28.1. The molecule has 1 N–H and O–H groups in total. The molecule has 2 rings (SSSR count). The molecule has 1 aliphatic heterocycles. The molecule has 0 aromatic heterocycles. The fourth-order valence-electron chi connectivity index (χ4n) is 2.33. The van der Waals surface area contributed by atoms with Gasteiger partial charge in [-0.25, -0.2) is 0 Å². The number of halogens is 2. The monoisotopic (exact) mass is 287 g/mol. The Morgan fingerprint density at radius 1 is 1.44 bits per heavy atom. The van der Waals surface area contributed by atoms with Gasteiger partial charge in [0.1, 0.15) is 0 Å². The molecule has 2 atom stereocenters. The van der Waals surface area contributed by atoms with Crippen molar-refractivity contribution in [3.63, 3.8) is 0 Å². The summed E-state index contributed by atoms with van der Waals surface area (Å²) in [6, 6.07) is 5.89. The predicted octanol–water partition coefficient (Wildman–Crippen LogP) is 4.75. The largest absolute Gasteiger partial charge is 0.381 e. The van der Waals surface area contributed by atoms with Gasteiger partial charge in [-0.1, -0.05) is 30.1 Å². The van der Waals surface area contributed by atoms with Crippen molar-refractivity contribution in [3.05, 3.63) is 28.2 Å². The van der Waals surface area contributed by atoms with Crippen molar-refractivity contribution in [2.45, 2.75) is 44.8 Å². The van der Waals surface area contributed by atoms with Crippen LogP contribution in [0.15, 0.2) is 18.2 Å². The first-order valence-electron chi connectivity index (χ1n) is 6.38. The van der Waals surface area contributed by atoms with E-state index in [1.54, 1.807) is 6.07 Å². The van der Waals surface area contributed by atoms with Crippen LogP contribution in [0.3, 0.4) is 0 Å². The molecule has 18 heavy (non-hydrogen) atoms. The van der Waals surface area contributed by atoms with Crippen LogP contribution in [-0.4, -0.2) is 18.2 Å². The van der Waals surface area contributed by atoms with Gasteiger partial charge in [0, 0.05) is 17.7 Å². The minimum atomic E-state index is -0.0268. The Hall–Kier alpha value is -0.440. The van der Waals surface area contributed by atoms with Crippen LogP contribution in [0.2, 0.25) is 10.0 Å². The van der Waals surface area contributed by atoms with Gasteiger partial charge in [-0.05, 0) is 44.4 Å². The molecule has 2 nitrogen and oxygen atoms in total. The van der Waals surface area contributed by atoms with Crippen LogP contribution in [0.1, 0.15) is 33.1 Å². The number of hydrogen-bond acceptors (Lipinski definition) is 2. The molecule has 0 spiro atoms. The highest BCUT2D eigenvalue weighted by molar-refractivity contribution is 6.35. The zero-order valence-electron chi connectivity index (χ0n) is 10.8. The van der Waals surface area contributed by atoms with Gasteiger partial charge in [-0.15, -0.1) is 0 Å². The molecule has 1 aromatic carbocycles. The molecule has 1 aromatic rings. The van der Waals surface area contributed by atoms with Gasteiger partial charge in [0.25, 0.3) is 0 Å². The van der Waals surface area contributed by atoms with Gasteiger partial charge in [-0.3, -0.25) is 0 Å². The van der Waals surface area contributed by atoms with Crippen molar-refractivity contribution in [2.75, 3.05) is 11.9 Å². The van der Waals surface area contributed by atoms with E-state index in [-0.39, 0.29) is 5.60 Å². The number of nitrogens with one attached hydrogen (secondary N) is 1. The highest BCUT2D eigenvalue weighted by Crippen LogP contribution is 2.32. The van der Waals surface area contributed by atoms with E-state index in [0.29, 0.717) is 16.1 Å². The van der Waals surface area contributed by atoms with Gasteiger partial charge >= 0.3 is 0 Å². The Morgan fingerprint density at radius 2 is 2.22 bits per heavy atom. The van der Waals surface area contributed by atoms with E-state index in [2.05, 4.69) is 19.2 Å². The average Bonchev–Trinajstić information content (AvgIpc) is 2.34. The first kappa shape index (κ1) is 14.0. The van der Waals surface area contributed by atoms with Gasteiger partial charge < -0.3 is 10.1 Å². The van der Waals surface area contributed by atoms with Crippen LogP contribution in [0.25, 0.3) is 0 Å². The maximum atomic E-state index is 6.17. The van der Waals surface area contributed by atoms with Crippen molar-refractivity contribution >= 4 is 28.9 Å². The maximum Gasteiger partial charge on any atom is 0.0671 e. The number of anilines is 1. The maximum absolute atomic E-state index is 6.17. The van der Waals surface area contributed by atoms with E-state index in [1.165, 1.54) is 0 Å². The topological polar surface area (TPSA) is 21.3 Å². The summed E-state index contributed by atoms with van der Waals surface area (Å²) >= 11 is 12.2. The SMILES string of the molecule is CCC1(C)CC(Nc2cc(Cl)ccc2Cl)CCO1. The minimum absolute atomic E-state index is 0.0268. The molecule has 0 saturated carbocycles. The summed E-state index contributed by atoms with van der Waals surface area (Å²) < 4.78 is 5.84. The second-order valence-electron chi connectivity index (χ2n) is 5.11. The number of ether oxygens (including phenoxy) is 1. The van der Waals surface area contributed by atoms with Crippen molar-refractivity contribution in [2.24, 2.45) is 0 Å². The molecular formula is C14H19Cl2NO. The van der Waals surface area contributed by atoms with Gasteiger partial charge in [0.15, 0.2) is 0 Å². The Labute approximate surface area is 119 Å². The fourth-order valence-corrected chi connectivity index (χ4v) is 2.67. The number of benzene rings is 1. The van der Waals surface area contributed by atoms with Crippen LogP contribution in [0, 0.1) is 0 Å². The summed E-state index contributed by atoms with van der Waals surface area (Å²) in [6.07, 6.45) is 3.01. The lowest BCUT2D eigenvalue weighted by Gasteiger charge is -2.38. The summed E-state index contributed by atoms with van der Waals surface area (Å²) in [4.78, 5) is 0. The van der Waals surface area contributed by atoms with Crippen LogP contribution in [0.4, 0.5) is 5.69 Å². The Bertz CT molecular complexity index is 424. The summed E-state index contributed by atoms with van der Waals surface area (Å²) in [5.74, 6) is 0. The standard InChI is InChI=1S/C14H19Cl2NO/c1-3-14(2)9-11(6-7-18-14)17-13-8-10(15)4-5-12(13)16/h4-5,8,11,17H,3,6-7,9H2,1-2H3. The van der Waals surface area contributed by atoms with Gasteiger partial charge in [-0.2, -0.15) is 0 Å². The summed E-state index contributed by atoms with van der Waals surface area (Å²) in [5.41, 5.74) is 0.885. The third kappa shape index (κ3) is 3.31. The molecule has 1 heterocycles. The molecule has 1 saturated heterocycles. The molecule has 0 radical (unpaired) electrons. The van der Waals surface area contributed by atoms with Crippen LogP contribution in [-0.2, 0) is 4.74 Å². The lowest BCUT2D eigenvalue weighted by atomic mass is 9.90. The van der Waals surface area contributed by atoms with E-state index in [0.717, 1.165) is 31.6 Å². The Morgan fingerprint density at radius 3 is 2.94 bits per heavy atom. The summed E-state index contributed by atoms with van der Waals surface area (Å²) in [5, 5.41) is 4.90. The lowest BCUT2D eigenvalue weighted by Crippen LogP contribution is -2.41. The fraction of sp³-hybridized carbons (Fsp3) is 0.571. The van der Waals surface area contributed by atoms with E-state index in [1.807, 2.05) is 12.1 Å². The quantitative estimate of drug-likeness (QED) is 0.866. The summed E-state index contributed by atoms with van der Waals surface area (Å²) in [6.45, 7) is 5.12. The smallest absolute Gasteiger partial charge is 0.0671 e. The van der Waals surface area contributed by atoms with E-state index in [9.17, 15) is 0 Å². The minimum Gasteiger partial charge on any atom is -0.381 e.